The van der Waals surface area contributed by atoms with E-state index in [0.29, 0.717) is 16.5 Å². The first-order valence-electron chi connectivity index (χ1n) is 7.32. The van der Waals surface area contributed by atoms with Crippen LogP contribution in [-0.2, 0) is 11.2 Å². The molecule has 6 heteroatoms. The minimum atomic E-state index is -0.258. The lowest BCUT2D eigenvalue weighted by molar-refractivity contribution is -0.121. The van der Waals surface area contributed by atoms with Gasteiger partial charge in [-0.05, 0) is 25.1 Å². The van der Waals surface area contributed by atoms with E-state index in [0.717, 1.165) is 5.69 Å². The second-order valence-corrected chi connectivity index (χ2v) is 5.27. The van der Waals surface area contributed by atoms with Crippen LogP contribution in [0.15, 0.2) is 53.5 Å². The molecule has 0 fully saturated rings. The topological polar surface area (TPSA) is 87.7 Å². The number of aromatic nitrogens is 3. The predicted molar refractivity (Wildman–Crippen MR) is 86.9 cm³/mol. The number of H-pyrrole nitrogens is 1. The monoisotopic (exact) mass is 308 g/mol. The molecule has 1 amide bonds. The van der Waals surface area contributed by atoms with Gasteiger partial charge in [-0.2, -0.15) is 5.10 Å². The van der Waals surface area contributed by atoms with Gasteiger partial charge in [0.05, 0.1) is 29.2 Å². The Bertz CT molecular complexity index is 890. The van der Waals surface area contributed by atoms with Gasteiger partial charge in [0.15, 0.2) is 0 Å². The van der Waals surface area contributed by atoms with Crippen LogP contribution >= 0.6 is 0 Å². The van der Waals surface area contributed by atoms with Crippen molar-refractivity contribution in [2.45, 2.75) is 19.4 Å². The lowest BCUT2D eigenvalue weighted by Gasteiger charge is -2.13. The number of aromatic amines is 1. The molecule has 0 spiro atoms. The molecule has 23 heavy (non-hydrogen) atoms. The Morgan fingerprint density at radius 2 is 1.91 bits per heavy atom. The molecule has 6 nitrogen and oxygen atoms in total. The summed E-state index contributed by atoms with van der Waals surface area (Å²) in [5, 5.41) is 10.6. The van der Waals surface area contributed by atoms with Crippen molar-refractivity contribution in [1.29, 1.82) is 0 Å². The number of nitrogens with one attached hydrogen (secondary N) is 2. The molecular formula is C17H16N4O2. The number of carbonyl (C=O) groups is 1. The summed E-state index contributed by atoms with van der Waals surface area (Å²) in [5.74, 6) is -0.173. The number of hydrogen-bond donors (Lipinski definition) is 2. The van der Waals surface area contributed by atoms with E-state index in [1.54, 1.807) is 24.4 Å². The molecule has 116 valence electrons. The minimum Gasteiger partial charge on any atom is -0.348 e. The minimum absolute atomic E-state index is 0.0917. The van der Waals surface area contributed by atoms with E-state index < -0.39 is 0 Å². The zero-order valence-electron chi connectivity index (χ0n) is 12.6. The largest absolute Gasteiger partial charge is 0.348 e. The molecule has 0 bridgehead atoms. The quantitative estimate of drug-likeness (QED) is 0.768. The molecule has 2 aromatic heterocycles. The zero-order valence-corrected chi connectivity index (χ0v) is 12.6. The van der Waals surface area contributed by atoms with Gasteiger partial charge in [0.25, 0.3) is 5.56 Å². The molecule has 2 heterocycles. The third kappa shape index (κ3) is 3.26. The highest BCUT2D eigenvalue weighted by Gasteiger charge is 2.14. The predicted octanol–water partition coefficient (Wildman–Crippen LogP) is 1.74. The van der Waals surface area contributed by atoms with E-state index in [9.17, 15) is 9.59 Å². The fourth-order valence-corrected chi connectivity index (χ4v) is 2.46. The fraction of sp³-hybridized carbons (Fsp3) is 0.176. The highest BCUT2D eigenvalue weighted by molar-refractivity contribution is 5.88. The Labute approximate surface area is 132 Å². The van der Waals surface area contributed by atoms with E-state index in [1.165, 1.54) is 0 Å². The molecule has 0 aliphatic carbocycles. The van der Waals surface area contributed by atoms with Crippen LogP contribution in [0.25, 0.3) is 10.8 Å². The van der Waals surface area contributed by atoms with Crippen LogP contribution in [0, 0.1) is 0 Å². The molecule has 1 aromatic carbocycles. The van der Waals surface area contributed by atoms with E-state index in [-0.39, 0.29) is 23.9 Å². The Kier molecular flexibility index (Phi) is 4.14. The second-order valence-electron chi connectivity index (χ2n) is 5.27. The van der Waals surface area contributed by atoms with Gasteiger partial charge in [-0.3, -0.25) is 14.6 Å². The number of nitrogens with zero attached hydrogens (tertiary/aromatic N) is 2. The number of carbonyl (C=O) groups excluding carboxylic acids is 1. The Morgan fingerprint density at radius 1 is 1.17 bits per heavy atom. The Hall–Kier alpha value is -3.02. The standard InChI is InChI=1S/C17H16N4O2/c1-11(14-8-4-5-9-18-14)19-16(22)10-15-12-6-2-3-7-13(12)17(23)21-20-15/h2-9,11H,10H2,1H3,(H,19,22)(H,21,23)/t11-/m0/s1. The maximum Gasteiger partial charge on any atom is 0.272 e. The molecule has 0 saturated heterocycles. The van der Waals surface area contributed by atoms with E-state index >= 15 is 0 Å². The molecule has 0 saturated carbocycles. The lowest BCUT2D eigenvalue weighted by atomic mass is 10.1. The molecule has 0 aliphatic heterocycles. The van der Waals surface area contributed by atoms with Gasteiger partial charge in [0.2, 0.25) is 5.91 Å². The summed E-state index contributed by atoms with van der Waals surface area (Å²) >= 11 is 0. The highest BCUT2D eigenvalue weighted by Crippen LogP contribution is 2.14. The third-order valence-electron chi connectivity index (χ3n) is 3.61. The van der Waals surface area contributed by atoms with E-state index in [1.807, 2.05) is 31.2 Å². The van der Waals surface area contributed by atoms with Crippen LogP contribution in [0.3, 0.4) is 0 Å². The van der Waals surface area contributed by atoms with Gasteiger partial charge in [-0.25, -0.2) is 5.10 Å². The van der Waals surface area contributed by atoms with E-state index in [4.69, 9.17) is 0 Å². The summed E-state index contributed by atoms with van der Waals surface area (Å²) < 4.78 is 0. The Morgan fingerprint density at radius 3 is 2.65 bits per heavy atom. The van der Waals surface area contributed by atoms with Crippen molar-refractivity contribution in [3.8, 4) is 0 Å². The second kappa shape index (κ2) is 6.39. The highest BCUT2D eigenvalue weighted by atomic mass is 16.1. The maximum atomic E-state index is 12.3. The fourth-order valence-electron chi connectivity index (χ4n) is 2.46. The first kappa shape index (κ1) is 14.9. The molecule has 0 aliphatic rings. The first-order valence-corrected chi connectivity index (χ1v) is 7.32. The van der Waals surface area contributed by atoms with Crippen molar-refractivity contribution in [3.63, 3.8) is 0 Å². The van der Waals surface area contributed by atoms with Crippen LogP contribution in [0.2, 0.25) is 0 Å². The summed E-state index contributed by atoms with van der Waals surface area (Å²) in [6, 6.07) is 12.5. The van der Waals surface area contributed by atoms with Crippen molar-refractivity contribution in [3.05, 3.63) is 70.4 Å². The van der Waals surface area contributed by atoms with Crippen molar-refractivity contribution < 1.29 is 4.79 Å². The molecule has 2 N–H and O–H groups in total. The average molecular weight is 308 g/mol. The summed E-state index contributed by atoms with van der Waals surface area (Å²) in [4.78, 5) is 28.2. The molecule has 3 rings (SSSR count). The van der Waals surface area contributed by atoms with Crippen LogP contribution < -0.4 is 10.9 Å². The van der Waals surface area contributed by atoms with E-state index in [2.05, 4.69) is 20.5 Å². The van der Waals surface area contributed by atoms with Gasteiger partial charge in [-0.15, -0.1) is 0 Å². The average Bonchev–Trinajstić information content (AvgIpc) is 2.58. The van der Waals surface area contributed by atoms with Gasteiger partial charge in [-0.1, -0.05) is 24.3 Å². The van der Waals surface area contributed by atoms with Gasteiger partial charge in [0.1, 0.15) is 0 Å². The van der Waals surface area contributed by atoms with Crippen LogP contribution in [0.5, 0.6) is 0 Å². The molecule has 1 atom stereocenters. The summed E-state index contributed by atoms with van der Waals surface area (Å²) in [7, 11) is 0. The van der Waals surface area contributed by atoms with Crippen LogP contribution in [-0.4, -0.2) is 21.1 Å². The number of pyridine rings is 1. The number of rotatable bonds is 4. The van der Waals surface area contributed by atoms with Gasteiger partial charge >= 0.3 is 0 Å². The van der Waals surface area contributed by atoms with Crippen molar-refractivity contribution >= 4 is 16.7 Å². The smallest absolute Gasteiger partial charge is 0.272 e. The zero-order chi connectivity index (χ0) is 16.2. The van der Waals surface area contributed by atoms with Crippen molar-refractivity contribution in [2.75, 3.05) is 0 Å². The van der Waals surface area contributed by atoms with Crippen LogP contribution in [0.4, 0.5) is 0 Å². The van der Waals surface area contributed by atoms with Crippen molar-refractivity contribution in [1.82, 2.24) is 20.5 Å². The van der Waals surface area contributed by atoms with Crippen molar-refractivity contribution in [2.24, 2.45) is 0 Å². The van der Waals surface area contributed by atoms with Gasteiger partial charge < -0.3 is 5.32 Å². The molecular weight excluding hydrogens is 292 g/mol. The maximum absolute atomic E-state index is 12.3. The number of hydrogen-bond acceptors (Lipinski definition) is 4. The molecule has 3 aromatic rings. The summed E-state index contributed by atoms with van der Waals surface area (Å²) in [5.41, 5.74) is 1.08. The third-order valence-corrected chi connectivity index (χ3v) is 3.61. The number of benzene rings is 1. The molecule has 0 radical (unpaired) electrons. The number of amides is 1. The molecule has 0 unspecified atom stereocenters. The SMILES string of the molecule is C[C@H](NC(=O)Cc1n[nH]c(=O)c2ccccc12)c1ccccn1. The van der Waals surface area contributed by atoms with Gasteiger partial charge in [0, 0.05) is 11.6 Å². The number of fused-ring (bicyclic) bond motifs is 1. The normalized spacial score (nSPS) is 12.0. The summed E-state index contributed by atoms with van der Waals surface area (Å²) in [6.07, 6.45) is 1.78. The first-order chi connectivity index (χ1) is 11.1. The van der Waals surface area contributed by atoms with Crippen LogP contribution in [0.1, 0.15) is 24.4 Å². The lowest BCUT2D eigenvalue weighted by Crippen LogP contribution is -2.29. The Balaban J connectivity index is 1.79. The summed E-state index contributed by atoms with van der Waals surface area (Å²) in [6.45, 7) is 1.87.